The van der Waals surface area contributed by atoms with Crippen LogP contribution in [0.1, 0.15) is 45.7 Å². The number of nitrogens with zero attached hydrogens (tertiary/aromatic N) is 4. The summed E-state index contributed by atoms with van der Waals surface area (Å²) in [7, 11) is 0. The van der Waals surface area contributed by atoms with Gasteiger partial charge in [-0.3, -0.25) is 28.8 Å². The van der Waals surface area contributed by atoms with E-state index in [1.165, 1.54) is 48.5 Å². The minimum Gasteiger partial charge on any atom is -0.324 e. The molecule has 0 fully saturated rings. The van der Waals surface area contributed by atoms with Crippen molar-refractivity contribution < 1.29 is 28.8 Å². The SMILES string of the molecule is CC(=O)C(N=Nc1cc(Cl)cc(C(=O)Nc2cccc(CCCl)c2)c1)C(=O)Nc1cc(Cl)c(NC(=O)C(N=Nc2cc(Cl)cc(C(=O)Nc3cccc(CCCl)c3)c2)C(C)=O)c(Cl)c1. The number of carbonyl (C=O) groups excluding carboxylic acids is 6. The fourth-order valence-electron chi connectivity index (χ4n) is 5.81. The Morgan fingerprint density at radius 2 is 0.938 bits per heavy atom. The number of ketones is 2. The van der Waals surface area contributed by atoms with Crippen molar-refractivity contribution in [2.24, 2.45) is 20.5 Å². The standard InChI is InChI=1S/C44H36Cl6N8O6/c1-23(59)38(57-55-34-17-27(15-29(47)19-34)41(61)51-31-7-3-5-25(13-31)9-11-45)43(63)53-33-21-36(49)40(37(50)22-33)54-44(64)39(24(2)60)58-56-35-18-28(16-30(48)20-35)42(62)52-32-8-4-6-26(14-32)10-12-46/h3-8,13-22,38-39H,9-12H2,1-2H3,(H,51,61)(H,52,62)(H,53,63)(H,54,64). The molecule has 5 aromatic rings. The van der Waals surface area contributed by atoms with Gasteiger partial charge in [0.25, 0.3) is 23.6 Å². The normalized spacial score (nSPS) is 12.1. The van der Waals surface area contributed by atoms with Gasteiger partial charge in [0.15, 0.2) is 11.6 Å². The third-order valence-corrected chi connectivity index (χ3v) is 10.2. The maximum atomic E-state index is 13.3. The van der Waals surface area contributed by atoms with Gasteiger partial charge in [0.05, 0.1) is 27.1 Å². The van der Waals surface area contributed by atoms with E-state index in [4.69, 9.17) is 69.6 Å². The Morgan fingerprint density at radius 3 is 1.34 bits per heavy atom. The van der Waals surface area contributed by atoms with E-state index in [9.17, 15) is 28.8 Å². The lowest BCUT2D eigenvalue weighted by Crippen LogP contribution is -2.32. The summed E-state index contributed by atoms with van der Waals surface area (Å²) >= 11 is 37.2. The molecule has 64 heavy (non-hydrogen) atoms. The number of hydrogen-bond acceptors (Lipinski definition) is 10. The van der Waals surface area contributed by atoms with Crippen molar-refractivity contribution in [3.05, 3.63) is 139 Å². The molecule has 0 radical (unpaired) electrons. The Labute approximate surface area is 397 Å². The van der Waals surface area contributed by atoms with Crippen LogP contribution in [0.15, 0.2) is 118 Å². The Kier molecular flexibility index (Phi) is 17.9. The van der Waals surface area contributed by atoms with Gasteiger partial charge in [-0.1, -0.05) is 70.7 Å². The molecule has 14 nitrogen and oxygen atoms in total. The third-order valence-electron chi connectivity index (χ3n) is 8.83. The Morgan fingerprint density at radius 1 is 0.516 bits per heavy atom. The van der Waals surface area contributed by atoms with Crippen LogP contribution in [0.25, 0.3) is 0 Å². The van der Waals surface area contributed by atoms with E-state index in [1.807, 2.05) is 12.1 Å². The van der Waals surface area contributed by atoms with Crippen LogP contribution in [0.4, 0.5) is 34.1 Å². The van der Waals surface area contributed by atoms with Gasteiger partial charge in [0.2, 0.25) is 12.1 Å². The van der Waals surface area contributed by atoms with Gasteiger partial charge >= 0.3 is 0 Å². The number of halogens is 6. The molecular formula is C44H36Cl6N8O6. The van der Waals surface area contributed by atoms with Gasteiger partial charge in [-0.15, -0.1) is 23.2 Å². The number of benzene rings is 5. The second-order valence-electron chi connectivity index (χ2n) is 13.8. The van der Waals surface area contributed by atoms with Crippen molar-refractivity contribution in [2.45, 2.75) is 38.8 Å². The average Bonchev–Trinajstić information content (AvgIpc) is 3.22. The molecule has 2 atom stereocenters. The van der Waals surface area contributed by atoms with Gasteiger partial charge in [0, 0.05) is 50.0 Å². The van der Waals surface area contributed by atoms with E-state index in [1.54, 1.807) is 36.4 Å². The van der Waals surface area contributed by atoms with Crippen molar-refractivity contribution >= 4 is 139 Å². The Balaban J connectivity index is 1.25. The van der Waals surface area contributed by atoms with Crippen molar-refractivity contribution in [3.63, 3.8) is 0 Å². The van der Waals surface area contributed by atoms with Gasteiger partial charge in [0.1, 0.15) is 0 Å². The van der Waals surface area contributed by atoms with Crippen LogP contribution in [-0.2, 0) is 32.0 Å². The first-order chi connectivity index (χ1) is 30.5. The summed E-state index contributed by atoms with van der Waals surface area (Å²) in [6, 6.07) is 21.9. The molecule has 0 spiro atoms. The molecule has 0 aliphatic rings. The molecule has 5 aromatic carbocycles. The van der Waals surface area contributed by atoms with Crippen LogP contribution >= 0.6 is 69.6 Å². The number of carbonyl (C=O) groups is 6. The summed E-state index contributed by atoms with van der Waals surface area (Å²) in [5, 5.41) is 26.4. The van der Waals surface area contributed by atoms with Gasteiger partial charge in [-0.05, 0) is 111 Å². The summed E-state index contributed by atoms with van der Waals surface area (Å²) in [5.74, 6) is -3.39. The molecule has 0 aliphatic carbocycles. The van der Waals surface area contributed by atoms with Crippen molar-refractivity contribution in [1.29, 1.82) is 0 Å². The largest absolute Gasteiger partial charge is 0.324 e. The number of nitrogens with one attached hydrogen (secondary N) is 4. The van der Waals surface area contributed by atoms with Crippen LogP contribution in [0, 0.1) is 0 Å². The van der Waals surface area contributed by atoms with Crippen LogP contribution in [0.2, 0.25) is 20.1 Å². The molecule has 0 bridgehead atoms. The molecule has 0 aromatic heterocycles. The molecule has 0 heterocycles. The van der Waals surface area contributed by atoms with Gasteiger partial charge in [-0.2, -0.15) is 20.5 Å². The highest BCUT2D eigenvalue weighted by Crippen LogP contribution is 2.35. The lowest BCUT2D eigenvalue weighted by Gasteiger charge is -2.15. The zero-order valence-corrected chi connectivity index (χ0v) is 38.3. The smallest absolute Gasteiger partial charge is 0.258 e. The number of hydrogen-bond donors (Lipinski definition) is 4. The summed E-state index contributed by atoms with van der Waals surface area (Å²) in [5.41, 5.74) is 3.27. The number of azo groups is 2. The molecule has 0 saturated heterocycles. The zero-order chi connectivity index (χ0) is 46.5. The molecule has 2 unspecified atom stereocenters. The van der Waals surface area contributed by atoms with E-state index in [-0.39, 0.29) is 54.0 Å². The maximum absolute atomic E-state index is 13.3. The minimum absolute atomic E-state index is 0.0165. The molecule has 330 valence electrons. The van der Waals surface area contributed by atoms with Crippen molar-refractivity contribution in [2.75, 3.05) is 33.0 Å². The number of Topliss-reactive ketones (excluding diaryl/α,β-unsaturated/α-hetero) is 2. The highest BCUT2D eigenvalue weighted by molar-refractivity contribution is 6.40. The second kappa shape index (κ2) is 23.3. The van der Waals surface area contributed by atoms with Gasteiger partial charge < -0.3 is 21.3 Å². The Hall–Kier alpha value is -5.74. The predicted molar refractivity (Wildman–Crippen MR) is 252 cm³/mol. The Bertz CT molecular complexity index is 2660. The quantitative estimate of drug-likeness (QED) is 0.0382. The first-order valence-electron chi connectivity index (χ1n) is 19.0. The van der Waals surface area contributed by atoms with E-state index in [0.717, 1.165) is 25.0 Å². The number of aryl methyl sites for hydroxylation is 2. The average molecular weight is 986 g/mol. The topological polar surface area (TPSA) is 200 Å². The molecule has 5 rings (SSSR count). The van der Waals surface area contributed by atoms with E-state index >= 15 is 0 Å². The fraction of sp³-hybridized carbons (Fsp3) is 0.182. The third kappa shape index (κ3) is 14.1. The van der Waals surface area contributed by atoms with E-state index < -0.39 is 47.3 Å². The van der Waals surface area contributed by atoms with Crippen LogP contribution < -0.4 is 21.3 Å². The minimum atomic E-state index is -1.68. The molecule has 0 saturated carbocycles. The van der Waals surface area contributed by atoms with Crippen LogP contribution in [0.5, 0.6) is 0 Å². The van der Waals surface area contributed by atoms with Gasteiger partial charge in [-0.25, -0.2) is 0 Å². The second-order valence-corrected chi connectivity index (χ2v) is 16.3. The molecule has 4 amide bonds. The summed E-state index contributed by atoms with van der Waals surface area (Å²) < 4.78 is 0. The lowest BCUT2D eigenvalue weighted by molar-refractivity contribution is -0.127. The molecule has 20 heteroatoms. The number of rotatable bonds is 18. The van der Waals surface area contributed by atoms with E-state index in [0.29, 0.717) is 36.0 Å². The lowest BCUT2D eigenvalue weighted by atomic mass is 10.1. The zero-order valence-electron chi connectivity index (χ0n) is 33.7. The monoisotopic (exact) mass is 982 g/mol. The van der Waals surface area contributed by atoms with Crippen LogP contribution in [-0.4, -0.2) is 59.0 Å². The van der Waals surface area contributed by atoms with E-state index in [2.05, 4.69) is 41.7 Å². The molecule has 0 aliphatic heterocycles. The van der Waals surface area contributed by atoms with Crippen molar-refractivity contribution in [1.82, 2.24) is 0 Å². The predicted octanol–water partition coefficient (Wildman–Crippen LogP) is 11.7. The molecule has 4 N–H and O–H groups in total. The summed E-state index contributed by atoms with van der Waals surface area (Å²) in [6.45, 7) is 2.25. The summed E-state index contributed by atoms with van der Waals surface area (Å²) in [4.78, 5) is 77.9. The van der Waals surface area contributed by atoms with Crippen molar-refractivity contribution in [3.8, 4) is 0 Å². The highest BCUT2D eigenvalue weighted by Gasteiger charge is 2.27. The number of amides is 4. The first kappa shape index (κ1) is 49.3. The van der Waals surface area contributed by atoms with Crippen LogP contribution in [0.3, 0.4) is 0 Å². The maximum Gasteiger partial charge on any atom is 0.258 e. The molecular weight excluding hydrogens is 949 g/mol. The number of anilines is 4. The number of alkyl halides is 2. The summed E-state index contributed by atoms with van der Waals surface area (Å²) in [6.07, 6.45) is 1.23. The first-order valence-corrected chi connectivity index (χ1v) is 21.6. The highest BCUT2D eigenvalue weighted by atomic mass is 35.5. The fourth-order valence-corrected chi connectivity index (χ4v) is 7.29.